The van der Waals surface area contributed by atoms with Crippen LogP contribution in [-0.4, -0.2) is 33.2 Å². The summed E-state index contributed by atoms with van der Waals surface area (Å²) in [6.07, 6.45) is 0.843. The molecular weight excluding hydrogens is 383 g/mol. The van der Waals surface area contributed by atoms with E-state index in [9.17, 15) is 18.0 Å². The maximum absolute atomic E-state index is 13.0. The van der Waals surface area contributed by atoms with E-state index in [4.69, 9.17) is 5.73 Å². The Balaban J connectivity index is 1.33. The van der Waals surface area contributed by atoms with E-state index in [1.165, 1.54) is 0 Å². The van der Waals surface area contributed by atoms with E-state index in [-0.39, 0.29) is 36.8 Å². The average Bonchev–Trinajstić information content (AvgIpc) is 3.02. The molecule has 4 fully saturated rings. The Morgan fingerprint density at radius 3 is 2.72 bits per heavy atom. The van der Waals surface area contributed by atoms with Crippen LogP contribution in [-0.2, 0) is 11.2 Å². The minimum absolute atomic E-state index is 0.133. The summed E-state index contributed by atoms with van der Waals surface area (Å²) in [5.41, 5.74) is 9.12. The molecule has 156 valence electrons. The van der Waals surface area contributed by atoms with Gasteiger partial charge in [-0.25, -0.2) is 9.50 Å². The standard InChI is InChI=1S/C20H24F3N5O/c1-18-8-19(9-18,10-18)16(24)14-7-28-15(26-14)3-2-13(27-28)5-11-4-12(20(21,22)23)6-25-17(11)29/h2-3,7,11-12,16H,4-6,8-10,24H2,1H3,(H,25,29)/t11-,12+,16+,18?,19?/m0/s1. The summed E-state index contributed by atoms with van der Waals surface area (Å²) in [7, 11) is 0. The Morgan fingerprint density at radius 2 is 2.07 bits per heavy atom. The average molecular weight is 407 g/mol. The van der Waals surface area contributed by atoms with Crippen LogP contribution in [0.2, 0.25) is 0 Å². The topological polar surface area (TPSA) is 85.3 Å². The predicted octanol–water partition coefficient (Wildman–Crippen LogP) is 2.78. The molecule has 0 unspecified atom stereocenters. The van der Waals surface area contributed by atoms with Gasteiger partial charge in [0.1, 0.15) is 0 Å². The lowest BCUT2D eigenvalue weighted by molar-refractivity contribution is -0.206. The summed E-state index contributed by atoms with van der Waals surface area (Å²) in [4.78, 5) is 16.7. The van der Waals surface area contributed by atoms with Crippen molar-refractivity contribution in [3.05, 3.63) is 29.7 Å². The molecule has 3 heterocycles. The number of imidazole rings is 1. The molecule has 29 heavy (non-hydrogen) atoms. The van der Waals surface area contributed by atoms with Crippen LogP contribution >= 0.6 is 0 Å². The summed E-state index contributed by atoms with van der Waals surface area (Å²) >= 11 is 0. The second-order valence-electron chi connectivity index (χ2n) is 9.59. The van der Waals surface area contributed by atoms with Crippen LogP contribution in [0, 0.1) is 22.7 Å². The Bertz CT molecular complexity index is 964. The number of carbonyl (C=O) groups is 1. The molecule has 6 rings (SSSR count). The summed E-state index contributed by atoms with van der Waals surface area (Å²) in [5.74, 6) is -2.60. The van der Waals surface area contributed by atoms with Gasteiger partial charge in [0.25, 0.3) is 0 Å². The highest BCUT2D eigenvalue weighted by atomic mass is 19.4. The number of alkyl halides is 3. The van der Waals surface area contributed by atoms with Gasteiger partial charge in [0, 0.05) is 18.9 Å². The van der Waals surface area contributed by atoms with Crippen molar-refractivity contribution in [3.63, 3.8) is 0 Å². The van der Waals surface area contributed by atoms with Gasteiger partial charge in [0.05, 0.1) is 29.5 Å². The van der Waals surface area contributed by atoms with Crippen molar-refractivity contribution < 1.29 is 18.0 Å². The van der Waals surface area contributed by atoms with E-state index in [2.05, 4.69) is 22.3 Å². The molecule has 2 bridgehead atoms. The van der Waals surface area contributed by atoms with Crippen molar-refractivity contribution in [2.24, 2.45) is 28.4 Å². The fourth-order valence-electron chi connectivity index (χ4n) is 5.82. The van der Waals surface area contributed by atoms with E-state index in [0.29, 0.717) is 16.8 Å². The van der Waals surface area contributed by atoms with Crippen molar-refractivity contribution in [1.82, 2.24) is 19.9 Å². The molecule has 2 aromatic rings. The third-order valence-corrected chi connectivity index (χ3v) is 7.09. The largest absolute Gasteiger partial charge is 0.393 e. The third-order valence-electron chi connectivity index (χ3n) is 7.09. The molecule has 2 aromatic heterocycles. The quantitative estimate of drug-likeness (QED) is 0.816. The molecule has 3 aliphatic carbocycles. The van der Waals surface area contributed by atoms with Crippen LogP contribution in [0.5, 0.6) is 0 Å². The zero-order chi connectivity index (χ0) is 20.6. The number of nitrogens with zero attached hydrogens (tertiary/aromatic N) is 3. The second-order valence-corrected chi connectivity index (χ2v) is 9.59. The van der Waals surface area contributed by atoms with Crippen LogP contribution in [0.25, 0.3) is 5.65 Å². The minimum atomic E-state index is -4.31. The number of halogens is 3. The van der Waals surface area contributed by atoms with Crippen molar-refractivity contribution in [1.29, 1.82) is 0 Å². The van der Waals surface area contributed by atoms with E-state index in [1.54, 1.807) is 16.6 Å². The molecule has 0 radical (unpaired) electrons. The number of hydrogen-bond acceptors (Lipinski definition) is 4. The summed E-state index contributed by atoms with van der Waals surface area (Å²) in [6, 6.07) is 3.37. The number of nitrogens with one attached hydrogen (secondary N) is 1. The molecule has 3 N–H and O–H groups in total. The molecular formula is C20H24F3N5O. The normalized spacial score (nSPS) is 35.0. The van der Waals surface area contributed by atoms with Crippen molar-refractivity contribution in [2.75, 3.05) is 6.54 Å². The number of fused-ring (bicyclic) bond motifs is 1. The second kappa shape index (κ2) is 5.93. The van der Waals surface area contributed by atoms with E-state index >= 15 is 0 Å². The van der Waals surface area contributed by atoms with Gasteiger partial charge in [0.15, 0.2) is 5.65 Å². The lowest BCUT2D eigenvalue weighted by atomic mass is 9.34. The monoisotopic (exact) mass is 407 g/mol. The molecule has 0 spiro atoms. The Kier molecular flexibility index (Phi) is 3.85. The lowest BCUT2D eigenvalue weighted by Gasteiger charge is -2.71. The number of rotatable bonds is 4. The zero-order valence-electron chi connectivity index (χ0n) is 16.2. The highest BCUT2D eigenvalue weighted by molar-refractivity contribution is 5.79. The first kappa shape index (κ1) is 18.8. The Labute approximate surface area is 166 Å². The fourth-order valence-corrected chi connectivity index (χ4v) is 5.82. The van der Waals surface area contributed by atoms with Gasteiger partial charge in [-0.15, -0.1) is 0 Å². The van der Waals surface area contributed by atoms with Gasteiger partial charge in [-0.1, -0.05) is 6.92 Å². The highest BCUT2D eigenvalue weighted by Crippen LogP contribution is 2.76. The summed E-state index contributed by atoms with van der Waals surface area (Å²) in [6.45, 7) is 1.93. The summed E-state index contributed by atoms with van der Waals surface area (Å²) in [5, 5.41) is 6.86. The molecule has 0 aromatic carbocycles. The molecule has 3 saturated carbocycles. The van der Waals surface area contributed by atoms with E-state index in [0.717, 1.165) is 25.0 Å². The number of aromatic nitrogens is 3. The predicted molar refractivity (Wildman–Crippen MR) is 98.7 cm³/mol. The first-order valence-corrected chi connectivity index (χ1v) is 10.0. The first-order chi connectivity index (χ1) is 13.6. The molecule has 3 atom stereocenters. The van der Waals surface area contributed by atoms with Gasteiger partial charge in [-0.05, 0) is 48.6 Å². The Morgan fingerprint density at radius 1 is 1.34 bits per heavy atom. The van der Waals surface area contributed by atoms with E-state index < -0.39 is 18.0 Å². The van der Waals surface area contributed by atoms with Crippen LogP contribution in [0.3, 0.4) is 0 Å². The first-order valence-electron chi connectivity index (χ1n) is 10.0. The third kappa shape index (κ3) is 3.01. The number of hydrogen-bond donors (Lipinski definition) is 2. The van der Waals surface area contributed by atoms with Gasteiger partial charge in [-0.2, -0.15) is 18.3 Å². The maximum Gasteiger partial charge on any atom is 0.393 e. The highest BCUT2D eigenvalue weighted by Gasteiger charge is 2.67. The Hall–Kier alpha value is -2.16. The maximum atomic E-state index is 13.0. The van der Waals surface area contributed by atoms with Gasteiger partial charge in [0.2, 0.25) is 5.91 Å². The lowest BCUT2D eigenvalue weighted by Crippen LogP contribution is -2.64. The van der Waals surface area contributed by atoms with Gasteiger partial charge < -0.3 is 11.1 Å². The molecule has 9 heteroatoms. The molecule has 4 aliphatic rings. The number of carbonyl (C=O) groups excluding carboxylic acids is 1. The van der Waals surface area contributed by atoms with Crippen LogP contribution in [0.1, 0.15) is 50.0 Å². The van der Waals surface area contributed by atoms with E-state index in [1.807, 2.05) is 6.20 Å². The van der Waals surface area contributed by atoms with Crippen molar-refractivity contribution in [2.45, 2.75) is 51.2 Å². The number of amides is 1. The molecule has 1 aliphatic heterocycles. The smallest absolute Gasteiger partial charge is 0.355 e. The summed E-state index contributed by atoms with van der Waals surface area (Å²) < 4.78 is 40.7. The minimum Gasteiger partial charge on any atom is -0.355 e. The van der Waals surface area contributed by atoms with Crippen molar-refractivity contribution >= 4 is 11.6 Å². The van der Waals surface area contributed by atoms with Crippen molar-refractivity contribution in [3.8, 4) is 0 Å². The van der Waals surface area contributed by atoms with Gasteiger partial charge in [-0.3, -0.25) is 4.79 Å². The number of piperidine rings is 1. The van der Waals surface area contributed by atoms with Gasteiger partial charge >= 0.3 is 6.18 Å². The molecule has 1 saturated heterocycles. The van der Waals surface area contributed by atoms with Crippen LogP contribution < -0.4 is 11.1 Å². The number of nitrogens with two attached hydrogens (primary N) is 1. The SMILES string of the molecule is CC12CC([C@H](N)c3cn4nc(C[C@@H]5C[C@@H](C(F)(F)F)CNC5=O)ccc4n3)(C1)C2. The molecule has 6 nitrogen and oxygen atoms in total. The zero-order valence-corrected chi connectivity index (χ0v) is 16.2. The molecule has 1 amide bonds. The van der Waals surface area contributed by atoms with Crippen LogP contribution in [0.4, 0.5) is 13.2 Å². The fraction of sp³-hybridized carbons (Fsp3) is 0.650. The van der Waals surface area contributed by atoms with Crippen LogP contribution in [0.15, 0.2) is 18.3 Å².